The highest BCUT2D eigenvalue weighted by Gasteiger charge is 2.28. The summed E-state index contributed by atoms with van der Waals surface area (Å²) in [6.07, 6.45) is 1.45. The van der Waals surface area contributed by atoms with E-state index in [4.69, 9.17) is 9.47 Å². The Kier molecular flexibility index (Phi) is 6.03. The largest absolute Gasteiger partial charge is 0.497 e. The van der Waals surface area contributed by atoms with Crippen LogP contribution in [0.3, 0.4) is 0 Å². The molecule has 0 aliphatic carbocycles. The van der Waals surface area contributed by atoms with Crippen LogP contribution in [-0.4, -0.2) is 50.9 Å². The van der Waals surface area contributed by atoms with E-state index in [1.165, 1.54) is 5.56 Å². The van der Waals surface area contributed by atoms with Gasteiger partial charge < -0.3 is 14.8 Å². The summed E-state index contributed by atoms with van der Waals surface area (Å²) in [5, 5.41) is 3.46. The number of hydrogen-bond donors (Lipinski definition) is 1. The van der Waals surface area contributed by atoms with Gasteiger partial charge in [-0.15, -0.1) is 0 Å². The van der Waals surface area contributed by atoms with E-state index in [-0.39, 0.29) is 0 Å². The zero-order valence-corrected chi connectivity index (χ0v) is 13.6. The van der Waals surface area contributed by atoms with Gasteiger partial charge >= 0.3 is 0 Å². The Hall–Kier alpha value is -1.10. The standard InChI is InChI=1S/C17H28N2O2/c1-5-15-12-19(10-11-21-15)13(2)17(18-3)14-6-8-16(20-4)9-7-14/h6-9,13,15,17-18H,5,10-12H2,1-4H3. The van der Waals surface area contributed by atoms with Crippen LogP contribution in [0.25, 0.3) is 0 Å². The van der Waals surface area contributed by atoms with Crippen molar-refractivity contribution < 1.29 is 9.47 Å². The predicted molar refractivity (Wildman–Crippen MR) is 85.9 cm³/mol. The molecule has 0 aromatic heterocycles. The third kappa shape index (κ3) is 3.96. The number of nitrogens with zero attached hydrogens (tertiary/aromatic N) is 1. The van der Waals surface area contributed by atoms with Crippen LogP contribution in [-0.2, 0) is 4.74 Å². The first-order valence-corrected chi connectivity index (χ1v) is 7.86. The minimum Gasteiger partial charge on any atom is -0.497 e. The Bertz CT molecular complexity index is 421. The molecule has 1 saturated heterocycles. The van der Waals surface area contributed by atoms with E-state index in [0.29, 0.717) is 18.2 Å². The molecule has 0 radical (unpaired) electrons. The van der Waals surface area contributed by atoms with Gasteiger partial charge in [-0.05, 0) is 38.1 Å². The van der Waals surface area contributed by atoms with Gasteiger partial charge in [-0.25, -0.2) is 0 Å². The average molecular weight is 292 g/mol. The smallest absolute Gasteiger partial charge is 0.118 e. The molecule has 0 saturated carbocycles. The average Bonchev–Trinajstić information content (AvgIpc) is 2.56. The first-order chi connectivity index (χ1) is 10.2. The third-order valence-electron chi connectivity index (χ3n) is 4.47. The maximum Gasteiger partial charge on any atom is 0.118 e. The second kappa shape index (κ2) is 7.78. The SMILES string of the molecule is CCC1CN(C(C)C(NC)c2ccc(OC)cc2)CCO1. The molecule has 1 aliphatic rings. The monoisotopic (exact) mass is 292 g/mol. The van der Waals surface area contributed by atoms with Gasteiger partial charge in [0, 0.05) is 25.2 Å². The highest BCUT2D eigenvalue weighted by atomic mass is 16.5. The molecule has 1 fully saturated rings. The summed E-state index contributed by atoms with van der Waals surface area (Å²) in [6.45, 7) is 7.35. The molecule has 1 aromatic rings. The van der Waals surface area contributed by atoms with Crippen LogP contribution in [0.15, 0.2) is 24.3 Å². The fourth-order valence-corrected chi connectivity index (χ4v) is 3.07. The molecule has 4 heteroatoms. The highest BCUT2D eigenvalue weighted by Crippen LogP contribution is 2.24. The number of hydrogen-bond acceptors (Lipinski definition) is 4. The molecule has 21 heavy (non-hydrogen) atoms. The molecule has 1 aromatic carbocycles. The molecular formula is C17H28N2O2. The van der Waals surface area contributed by atoms with Crippen molar-refractivity contribution in [3.63, 3.8) is 0 Å². The van der Waals surface area contributed by atoms with Crippen LogP contribution in [0, 0.1) is 0 Å². The summed E-state index contributed by atoms with van der Waals surface area (Å²) in [7, 11) is 3.73. The van der Waals surface area contributed by atoms with Crippen LogP contribution in [0.2, 0.25) is 0 Å². The van der Waals surface area contributed by atoms with E-state index in [9.17, 15) is 0 Å². The fraction of sp³-hybridized carbons (Fsp3) is 0.647. The number of morpholine rings is 1. The Morgan fingerprint density at radius 1 is 1.38 bits per heavy atom. The van der Waals surface area contributed by atoms with Crippen molar-refractivity contribution in [3.05, 3.63) is 29.8 Å². The summed E-state index contributed by atoms with van der Waals surface area (Å²) < 4.78 is 11.0. The van der Waals surface area contributed by atoms with Gasteiger partial charge in [-0.2, -0.15) is 0 Å². The van der Waals surface area contributed by atoms with Gasteiger partial charge in [-0.3, -0.25) is 4.90 Å². The lowest BCUT2D eigenvalue weighted by Gasteiger charge is -2.40. The second-order valence-electron chi connectivity index (χ2n) is 5.68. The lowest BCUT2D eigenvalue weighted by atomic mass is 9.98. The van der Waals surface area contributed by atoms with Crippen molar-refractivity contribution in [2.45, 2.75) is 38.5 Å². The molecule has 0 spiro atoms. The summed E-state index contributed by atoms with van der Waals surface area (Å²) in [4.78, 5) is 2.53. The number of methoxy groups -OCH3 is 1. The lowest BCUT2D eigenvalue weighted by molar-refractivity contribution is -0.0466. The molecule has 0 amide bonds. The Morgan fingerprint density at radius 2 is 2.10 bits per heavy atom. The van der Waals surface area contributed by atoms with E-state index in [1.807, 2.05) is 19.2 Å². The molecular weight excluding hydrogens is 264 g/mol. The van der Waals surface area contributed by atoms with E-state index >= 15 is 0 Å². The van der Waals surface area contributed by atoms with Crippen molar-refractivity contribution in [2.75, 3.05) is 33.9 Å². The Labute approximate surface area is 128 Å². The molecule has 3 atom stereocenters. The van der Waals surface area contributed by atoms with Crippen molar-refractivity contribution in [2.24, 2.45) is 0 Å². The zero-order chi connectivity index (χ0) is 15.2. The maximum atomic E-state index is 5.78. The van der Waals surface area contributed by atoms with Crippen LogP contribution in [0.4, 0.5) is 0 Å². The fourth-order valence-electron chi connectivity index (χ4n) is 3.07. The first-order valence-electron chi connectivity index (χ1n) is 7.86. The van der Waals surface area contributed by atoms with Crippen LogP contribution in [0.1, 0.15) is 31.9 Å². The molecule has 118 valence electrons. The van der Waals surface area contributed by atoms with E-state index < -0.39 is 0 Å². The summed E-state index contributed by atoms with van der Waals surface area (Å²) >= 11 is 0. The molecule has 3 unspecified atom stereocenters. The lowest BCUT2D eigenvalue weighted by Crippen LogP contribution is -2.50. The molecule has 1 aliphatic heterocycles. The van der Waals surface area contributed by atoms with Crippen LogP contribution >= 0.6 is 0 Å². The maximum absolute atomic E-state index is 5.78. The van der Waals surface area contributed by atoms with Gasteiger partial charge in [0.25, 0.3) is 0 Å². The van der Waals surface area contributed by atoms with Crippen LogP contribution in [0.5, 0.6) is 5.75 Å². The van der Waals surface area contributed by atoms with Gasteiger partial charge in [-0.1, -0.05) is 19.1 Å². The van der Waals surface area contributed by atoms with Gasteiger partial charge in [0.15, 0.2) is 0 Å². The molecule has 1 heterocycles. The van der Waals surface area contributed by atoms with Crippen molar-refractivity contribution in [1.29, 1.82) is 0 Å². The van der Waals surface area contributed by atoms with E-state index in [1.54, 1.807) is 7.11 Å². The Balaban J connectivity index is 2.07. The topological polar surface area (TPSA) is 33.7 Å². The van der Waals surface area contributed by atoms with Gasteiger partial charge in [0.2, 0.25) is 0 Å². The van der Waals surface area contributed by atoms with Crippen molar-refractivity contribution in [3.8, 4) is 5.75 Å². The number of likely N-dealkylation sites (N-methyl/N-ethyl adjacent to an activating group) is 1. The Morgan fingerprint density at radius 3 is 2.67 bits per heavy atom. The molecule has 2 rings (SSSR count). The van der Waals surface area contributed by atoms with Crippen molar-refractivity contribution >= 4 is 0 Å². The van der Waals surface area contributed by atoms with E-state index in [2.05, 4.69) is 36.2 Å². The van der Waals surface area contributed by atoms with Gasteiger partial charge in [0.05, 0.1) is 19.8 Å². The zero-order valence-electron chi connectivity index (χ0n) is 13.6. The second-order valence-corrected chi connectivity index (χ2v) is 5.68. The summed E-state index contributed by atoms with van der Waals surface area (Å²) in [5.74, 6) is 0.902. The summed E-state index contributed by atoms with van der Waals surface area (Å²) in [5.41, 5.74) is 1.30. The number of nitrogens with one attached hydrogen (secondary N) is 1. The molecule has 0 bridgehead atoms. The number of benzene rings is 1. The number of ether oxygens (including phenoxy) is 2. The molecule has 1 N–H and O–H groups in total. The predicted octanol–water partition coefficient (Wildman–Crippen LogP) is 2.46. The highest BCUT2D eigenvalue weighted by molar-refractivity contribution is 5.29. The molecule has 4 nitrogen and oxygen atoms in total. The summed E-state index contributed by atoms with van der Waals surface area (Å²) in [6, 6.07) is 9.09. The minimum atomic E-state index is 0.312. The minimum absolute atomic E-state index is 0.312. The van der Waals surface area contributed by atoms with Crippen molar-refractivity contribution in [1.82, 2.24) is 10.2 Å². The normalized spacial score (nSPS) is 22.8. The van der Waals surface area contributed by atoms with Gasteiger partial charge in [0.1, 0.15) is 5.75 Å². The first kappa shape index (κ1) is 16.3. The third-order valence-corrected chi connectivity index (χ3v) is 4.47. The number of rotatable bonds is 6. The van der Waals surface area contributed by atoms with E-state index in [0.717, 1.165) is 31.9 Å². The van der Waals surface area contributed by atoms with Crippen LogP contribution < -0.4 is 10.1 Å². The quantitative estimate of drug-likeness (QED) is 0.873.